The summed E-state index contributed by atoms with van der Waals surface area (Å²) in [6.45, 7) is 1.89. The third-order valence-electron chi connectivity index (χ3n) is 5.83. The molecule has 1 aromatic carbocycles. The van der Waals surface area contributed by atoms with E-state index in [0.717, 1.165) is 36.9 Å². The van der Waals surface area contributed by atoms with Crippen molar-refractivity contribution in [3.05, 3.63) is 53.7 Å². The van der Waals surface area contributed by atoms with Crippen LogP contribution < -0.4 is 9.80 Å². The minimum absolute atomic E-state index is 0.0574. The van der Waals surface area contributed by atoms with E-state index in [2.05, 4.69) is 16.0 Å². The minimum atomic E-state index is 0.0574. The number of pyridine rings is 1. The molecule has 2 aromatic rings. The lowest BCUT2D eigenvalue weighted by atomic mass is 10.1. The molecule has 2 unspecified atom stereocenters. The first kappa shape index (κ1) is 14.0. The highest BCUT2D eigenvalue weighted by atomic mass is 16.2. The van der Waals surface area contributed by atoms with Gasteiger partial charge in [0.05, 0.1) is 5.56 Å². The summed E-state index contributed by atoms with van der Waals surface area (Å²) in [5, 5.41) is 0. The molecule has 3 aliphatic rings. The van der Waals surface area contributed by atoms with E-state index in [9.17, 15) is 4.79 Å². The Balaban J connectivity index is 1.37. The molecule has 1 saturated heterocycles. The van der Waals surface area contributed by atoms with Crippen molar-refractivity contribution < 1.29 is 4.79 Å². The van der Waals surface area contributed by atoms with Crippen LogP contribution in [0.25, 0.3) is 0 Å². The molecule has 1 saturated carbocycles. The van der Waals surface area contributed by atoms with Crippen LogP contribution in [0.3, 0.4) is 0 Å². The van der Waals surface area contributed by atoms with Gasteiger partial charge in [-0.1, -0.05) is 18.2 Å². The molecule has 5 rings (SSSR count). The van der Waals surface area contributed by atoms with Crippen molar-refractivity contribution in [2.45, 2.75) is 31.7 Å². The molecule has 1 amide bonds. The van der Waals surface area contributed by atoms with Gasteiger partial charge in [-0.25, -0.2) is 4.98 Å². The van der Waals surface area contributed by atoms with E-state index in [4.69, 9.17) is 0 Å². The molecular weight excluding hydrogens is 298 g/mol. The van der Waals surface area contributed by atoms with Crippen molar-refractivity contribution in [2.24, 2.45) is 5.92 Å². The highest BCUT2D eigenvalue weighted by Gasteiger charge is 2.38. The molecule has 2 aliphatic heterocycles. The van der Waals surface area contributed by atoms with Crippen molar-refractivity contribution in [2.75, 3.05) is 22.9 Å². The van der Waals surface area contributed by atoms with Crippen molar-refractivity contribution in [1.82, 2.24) is 4.98 Å². The second-order valence-electron chi connectivity index (χ2n) is 7.23. The lowest BCUT2D eigenvalue weighted by molar-refractivity contribution is 0.0989. The topological polar surface area (TPSA) is 36.4 Å². The molecule has 2 fully saturated rings. The number of hydrogen-bond donors (Lipinski definition) is 0. The van der Waals surface area contributed by atoms with Crippen LogP contribution in [-0.4, -0.2) is 30.0 Å². The molecular formula is C20H21N3O. The number of carbonyl (C=O) groups is 1. The van der Waals surface area contributed by atoms with E-state index < -0.39 is 0 Å². The molecule has 4 heteroatoms. The van der Waals surface area contributed by atoms with Crippen molar-refractivity contribution in [3.8, 4) is 0 Å². The van der Waals surface area contributed by atoms with Gasteiger partial charge in [0.25, 0.3) is 5.91 Å². The maximum Gasteiger partial charge on any atom is 0.259 e. The number of carbonyl (C=O) groups excluding carboxylic acids is 1. The number of para-hydroxylation sites is 1. The number of hydrogen-bond acceptors (Lipinski definition) is 3. The smallest absolute Gasteiger partial charge is 0.259 e. The van der Waals surface area contributed by atoms with Gasteiger partial charge in [0.1, 0.15) is 5.82 Å². The molecule has 4 nitrogen and oxygen atoms in total. The van der Waals surface area contributed by atoms with Gasteiger partial charge >= 0.3 is 0 Å². The predicted molar refractivity (Wildman–Crippen MR) is 94.5 cm³/mol. The van der Waals surface area contributed by atoms with Crippen molar-refractivity contribution >= 4 is 17.4 Å². The number of amides is 1. The fraction of sp³-hybridized carbons (Fsp3) is 0.400. The van der Waals surface area contributed by atoms with Crippen LogP contribution >= 0.6 is 0 Å². The summed E-state index contributed by atoms with van der Waals surface area (Å²) in [6.07, 6.45) is 6.66. The fourth-order valence-electron chi connectivity index (χ4n) is 4.59. The summed E-state index contributed by atoms with van der Waals surface area (Å²) < 4.78 is 0. The second kappa shape index (κ2) is 5.33. The van der Waals surface area contributed by atoms with Crippen LogP contribution in [0.2, 0.25) is 0 Å². The summed E-state index contributed by atoms with van der Waals surface area (Å²) in [5.74, 6) is 1.93. The summed E-state index contributed by atoms with van der Waals surface area (Å²) in [6, 6.07) is 12.8. The average Bonchev–Trinajstić information content (AvgIpc) is 3.36. The number of anilines is 2. The molecule has 3 heterocycles. The first-order valence-corrected chi connectivity index (χ1v) is 8.92. The second-order valence-corrected chi connectivity index (χ2v) is 7.23. The lowest BCUT2D eigenvalue weighted by Crippen LogP contribution is -2.33. The summed E-state index contributed by atoms with van der Waals surface area (Å²) in [7, 11) is 0. The largest absolute Gasteiger partial charge is 0.353 e. The van der Waals surface area contributed by atoms with E-state index in [0.29, 0.717) is 11.6 Å². The number of rotatable bonds is 2. The quantitative estimate of drug-likeness (QED) is 0.852. The number of fused-ring (bicyclic) bond motifs is 3. The lowest BCUT2D eigenvalue weighted by Gasteiger charge is -2.28. The molecule has 0 N–H and O–H groups in total. The van der Waals surface area contributed by atoms with E-state index in [1.54, 1.807) is 6.20 Å². The molecule has 122 valence electrons. The first-order chi connectivity index (χ1) is 11.8. The summed E-state index contributed by atoms with van der Waals surface area (Å²) in [4.78, 5) is 21.8. The van der Waals surface area contributed by atoms with Crippen LogP contribution in [0, 0.1) is 5.92 Å². The van der Waals surface area contributed by atoms with Gasteiger partial charge < -0.3 is 9.80 Å². The van der Waals surface area contributed by atoms with Crippen molar-refractivity contribution in [1.29, 1.82) is 0 Å². The third-order valence-corrected chi connectivity index (χ3v) is 5.83. The molecule has 2 atom stereocenters. The fourth-order valence-corrected chi connectivity index (χ4v) is 4.59. The Bertz CT molecular complexity index is 786. The zero-order valence-corrected chi connectivity index (χ0v) is 13.7. The third kappa shape index (κ3) is 2.13. The van der Waals surface area contributed by atoms with Gasteiger partial charge in [0, 0.05) is 31.0 Å². The van der Waals surface area contributed by atoms with E-state index >= 15 is 0 Å². The number of nitrogens with zero attached hydrogens (tertiary/aromatic N) is 3. The van der Waals surface area contributed by atoms with Crippen LogP contribution in [0.1, 0.15) is 35.2 Å². The van der Waals surface area contributed by atoms with Gasteiger partial charge in [-0.15, -0.1) is 0 Å². The molecule has 2 bridgehead atoms. The highest BCUT2D eigenvalue weighted by molar-refractivity contribution is 6.07. The van der Waals surface area contributed by atoms with Crippen LogP contribution in [0.4, 0.5) is 11.5 Å². The normalized spacial score (nSPS) is 24.5. The number of piperidine rings is 1. The average molecular weight is 319 g/mol. The van der Waals surface area contributed by atoms with Crippen LogP contribution in [0.5, 0.6) is 0 Å². The predicted octanol–water partition coefficient (Wildman–Crippen LogP) is 3.27. The number of aromatic nitrogens is 1. The summed E-state index contributed by atoms with van der Waals surface area (Å²) in [5.41, 5.74) is 2.98. The van der Waals surface area contributed by atoms with Crippen molar-refractivity contribution in [3.63, 3.8) is 0 Å². The maximum atomic E-state index is 12.8. The standard InChI is InChI=1S/C20H21N3O/c24-20(22-10-9-15-3-1-2-4-18(15)22)16-6-8-19(21-12-16)23-13-14-5-7-17(23)11-14/h1-4,6,8,12,14,17H,5,7,9-11,13H2. The number of benzene rings is 1. The molecule has 0 spiro atoms. The molecule has 24 heavy (non-hydrogen) atoms. The first-order valence-electron chi connectivity index (χ1n) is 8.92. The minimum Gasteiger partial charge on any atom is -0.353 e. The summed E-state index contributed by atoms with van der Waals surface area (Å²) >= 11 is 0. The monoisotopic (exact) mass is 319 g/mol. The highest BCUT2D eigenvalue weighted by Crippen LogP contribution is 2.39. The Hall–Kier alpha value is -2.36. The Kier molecular flexibility index (Phi) is 3.12. The zero-order valence-electron chi connectivity index (χ0n) is 13.7. The molecule has 1 aliphatic carbocycles. The van der Waals surface area contributed by atoms with Crippen LogP contribution in [-0.2, 0) is 6.42 Å². The Morgan fingerprint density at radius 1 is 1.12 bits per heavy atom. The maximum absolute atomic E-state index is 12.8. The van der Waals surface area contributed by atoms with Gasteiger partial charge in [-0.05, 0) is 55.4 Å². The molecule has 0 radical (unpaired) electrons. The Morgan fingerprint density at radius 2 is 2.04 bits per heavy atom. The Morgan fingerprint density at radius 3 is 2.79 bits per heavy atom. The molecule has 1 aromatic heterocycles. The van der Waals surface area contributed by atoms with E-state index in [-0.39, 0.29) is 5.91 Å². The van der Waals surface area contributed by atoms with Gasteiger partial charge in [0.15, 0.2) is 0 Å². The Labute approximate surface area is 142 Å². The van der Waals surface area contributed by atoms with Crippen LogP contribution in [0.15, 0.2) is 42.6 Å². The van der Waals surface area contributed by atoms with Gasteiger partial charge in [0.2, 0.25) is 0 Å². The zero-order chi connectivity index (χ0) is 16.1. The van der Waals surface area contributed by atoms with E-state index in [1.807, 2.05) is 35.2 Å². The SMILES string of the molecule is O=C(c1ccc(N2CC3CCC2C3)nc1)N1CCc2ccccc21. The van der Waals surface area contributed by atoms with Gasteiger partial charge in [-0.2, -0.15) is 0 Å². The van der Waals surface area contributed by atoms with E-state index in [1.165, 1.54) is 24.8 Å². The van der Waals surface area contributed by atoms with Gasteiger partial charge in [-0.3, -0.25) is 4.79 Å².